The first-order valence-electron chi connectivity index (χ1n) is 3.28. The van der Waals surface area contributed by atoms with E-state index >= 15 is 0 Å². The molecular weight excluding hydrogens is 156 g/mol. The van der Waals surface area contributed by atoms with E-state index in [-0.39, 0.29) is 11.8 Å². The smallest absolute Gasteiger partial charge is 0.247 e. The minimum absolute atomic E-state index is 0.0729. The highest BCUT2D eigenvalue weighted by atomic mass is 32.2. The van der Waals surface area contributed by atoms with Gasteiger partial charge in [-0.15, -0.1) is 0 Å². The van der Waals surface area contributed by atoms with Gasteiger partial charge >= 0.3 is 0 Å². The van der Waals surface area contributed by atoms with Gasteiger partial charge in [-0.3, -0.25) is 0 Å². The van der Waals surface area contributed by atoms with Crippen molar-refractivity contribution in [1.29, 1.82) is 0 Å². The van der Waals surface area contributed by atoms with E-state index in [1.54, 1.807) is 0 Å². The minimum Gasteiger partial charge on any atom is -0.327 e. The van der Waals surface area contributed by atoms with Gasteiger partial charge in [-0.05, 0) is 6.42 Å². The molecule has 2 N–H and O–H groups in total. The molecule has 0 spiro atoms. The van der Waals surface area contributed by atoms with E-state index in [0.717, 1.165) is 6.42 Å². The first kappa shape index (κ1) is 10.2. The van der Waals surface area contributed by atoms with Gasteiger partial charge in [0.25, 0.3) is 0 Å². The molecule has 0 amide bonds. The van der Waals surface area contributed by atoms with Gasteiger partial charge in [0.05, 0.1) is 5.75 Å². The van der Waals surface area contributed by atoms with Crippen LogP contribution >= 0.6 is 11.8 Å². The Morgan fingerprint density at radius 3 is 2.40 bits per heavy atom. The van der Waals surface area contributed by atoms with E-state index in [1.807, 2.05) is 6.92 Å². The molecule has 0 rings (SSSR count). The fraction of sp³-hybridized carbons (Fsp3) is 1.00. The summed E-state index contributed by atoms with van der Waals surface area (Å²) in [5.74, 6) is 0.550. The van der Waals surface area contributed by atoms with Gasteiger partial charge in [0.1, 0.15) is 0 Å². The summed E-state index contributed by atoms with van der Waals surface area (Å²) >= 11 is 1.22. The van der Waals surface area contributed by atoms with Gasteiger partial charge in [0.15, 0.2) is 0 Å². The molecule has 1 unspecified atom stereocenters. The topological polar surface area (TPSA) is 26.0 Å². The highest BCUT2D eigenvalue weighted by Crippen LogP contribution is 2.08. The molecule has 0 aromatic heterocycles. The molecular formula is C6H13F2NS. The van der Waals surface area contributed by atoms with Crippen molar-refractivity contribution in [2.45, 2.75) is 25.8 Å². The third kappa shape index (κ3) is 6.29. The fourth-order valence-corrected chi connectivity index (χ4v) is 1.28. The molecule has 0 fully saturated rings. The molecule has 0 aliphatic heterocycles. The molecule has 10 heavy (non-hydrogen) atoms. The fourth-order valence-electron chi connectivity index (χ4n) is 0.426. The normalized spacial score (nSPS) is 14.1. The molecule has 0 bridgehead atoms. The van der Waals surface area contributed by atoms with Crippen molar-refractivity contribution in [2.24, 2.45) is 5.73 Å². The average molecular weight is 169 g/mol. The van der Waals surface area contributed by atoms with Gasteiger partial charge in [-0.2, -0.15) is 11.8 Å². The van der Waals surface area contributed by atoms with E-state index in [1.165, 1.54) is 11.8 Å². The van der Waals surface area contributed by atoms with Crippen molar-refractivity contribution in [1.82, 2.24) is 0 Å². The number of rotatable bonds is 5. The second kappa shape index (κ2) is 5.92. The number of alkyl halides is 2. The molecule has 0 saturated heterocycles. The Bertz CT molecular complexity index is 80.1. The number of nitrogens with two attached hydrogens (primary N) is 1. The van der Waals surface area contributed by atoms with Crippen molar-refractivity contribution in [3.8, 4) is 0 Å². The Morgan fingerprint density at radius 2 is 2.00 bits per heavy atom. The molecule has 0 aromatic carbocycles. The number of halogens is 2. The van der Waals surface area contributed by atoms with Crippen molar-refractivity contribution in [3.63, 3.8) is 0 Å². The Balaban J connectivity index is 3.03. The molecule has 0 radical (unpaired) electrons. The van der Waals surface area contributed by atoms with E-state index in [4.69, 9.17) is 5.73 Å². The summed E-state index contributed by atoms with van der Waals surface area (Å²) in [5.41, 5.74) is 5.49. The van der Waals surface area contributed by atoms with Crippen LogP contribution in [-0.4, -0.2) is 24.0 Å². The van der Waals surface area contributed by atoms with Crippen molar-refractivity contribution >= 4 is 11.8 Å². The van der Waals surface area contributed by atoms with E-state index in [0.29, 0.717) is 5.75 Å². The van der Waals surface area contributed by atoms with Crippen LogP contribution in [0.25, 0.3) is 0 Å². The van der Waals surface area contributed by atoms with Gasteiger partial charge in [-0.1, -0.05) is 6.92 Å². The first-order chi connectivity index (χ1) is 4.66. The van der Waals surface area contributed by atoms with Crippen molar-refractivity contribution in [3.05, 3.63) is 0 Å². The molecule has 0 heterocycles. The van der Waals surface area contributed by atoms with Crippen molar-refractivity contribution in [2.75, 3.05) is 11.5 Å². The minimum atomic E-state index is -2.20. The van der Waals surface area contributed by atoms with Crippen LogP contribution in [0, 0.1) is 0 Å². The van der Waals surface area contributed by atoms with Crippen LogP contribution in [0.15, 0.2) is 0 Å². The largest absolute Gasteiger partial charge is 0.327 e. The maximum atomic E-state index is 11.5. The van der Waals surface area contributed by atoms with Gasteiger partial charge in [-0.25, -0.2) is 8.78 Å². The standard InChI is InChI=1S/C6H13F2NS/c1-2-5(9)3-10-4-6(7)8/h5-6H,2-4,9H2,1H3. The van der Waals surface area contributed by atoms with E-state index in [9.17, 15) is 8.78 Å². The van der Waals surface area contributed by atoms with Crippen molar-refractivity contribution < 1.29 is 8.78 Å². The molecule has 0 aliphatic carbocycles. The van der Waals surface area contributed by atoms with E-state index in [2.05, 4.69) is 0 Å². The van der Waals surface area contributed by atoms with Gasteiger partial charge in [0.2, 0.25) is 6.43 Å². The first-order valence-corrected chi connectivity index (χ1v) is 4.43. The van der Waals surface area contributed by atoms with Crippen LogP contribution in [0.5, 0.6) is 0 Å². The Kier molecular flexibility index (Phi) is 6.02. The molecule has 1 atom stereocenters. The zero-order valence-electron chi connectivity index (χ0n) is 6.02. The predicted octanol–water partition coefficient (Wildman–Crippen LogP) is 1.72. The second-order valence-electron chi connectivity index (χ2n) is 2.10. The number of hydrogen-bond acceptors (Lipinski definition) is 2. The zero-order valence-corrected chi connectivity index (χ0v) is 6.83. The van der Waals surface area contributed by atoms with Crippen LogP contribution < -0.4 is 5.73 Å². The van der Waals surface area contributed by atoms with Gasteiger partial charge in [0, 0.05) is 11.8 Å². The Hall–Kier alpha value is 0.170. The lowest BCUT2D eigenvalue weighted by Crippen LogP contribution is -2.21. The summed E-state index contributed by atoms with van der Waals surface area (Å²) < 4.78 is 23.1. The second-order valence-corrected chi connectivity index (χ2v) is 3.17. The quantitative estimate of drug-likeness (QED) is 0.678. The maximum absolute atomic E-state index is 11.5. The lowest BCUT2D eigenvalue weighted by molar-refractivity contribution is 0.177. The van der Waals surface area contributed by atoms with Crippen LogP contribution in [-0.2, 0) is 0 Å². The summed E-state index contributed by atoms with van der Waals surface area (Å²) in [6.07, 6.45) is -1.34. The summed E-state index contributed by atoms with van der Waals surface area (Å²) in [7, 11) is 0. The van der Waals surface area contributed by atoms with Gasteiger partial charge < -0.3 is 5.73 Å². The monoisotopic (exact) mass is 169 g/mol. The molecule has 62 valence electrons. The number of thioether (sulfide) groups is 1. The summed E-state index contributed by atoms with van der Waals surface area (Å²) in [6, 6.07) is 0.0729. The zero-order chi connectivity index (χ0) is 7.98. The third-order valence-electron chi connectivity index (χ3n) is 1.10. The highest BCUT2D eigenvalue weighted by Gasteiger charge is 2.04. The summed E-state index contributed by atoms with van der Waals surface area (Å²) in [6.45, 7) is 1.95. The van der Waals surface area contributed by atoms with E-state index < -0.39 is 6.43 Å². The van der Waals surface area contributed by atoms with Crippen LogP contribution in [0.1, 0.15) is 13.3 Å². The summed E-state index contributed by atoms with van der Waals surface area (Å²) in [5, 5.41) is 0. The van der Waals surface area contributed by atoms with Crippen LogP contribution in [0.4, 0.5) is 8.78 Å². The predicted molar refractivity (Wildman–Crippen MR) is 41.6 cm³/mol. The average Bonchev–Trinajstić information content (AvgIpc) is 1.87. The Labute approximate surface area is 64.4 Å². The lowest BCUT2D eigenvalue weighted by Gasteiger charge is -2.06. The maximum Gasteiger partial charge on any atom is 0.247 e. The molecule has 1 nitrogen and oxygen atoms in total. The molecule has 4 heteroatoms. The SMILES string of the molecule is CCC(N)CSCC(F)F. The Morgan fingerprint density at radius 1 is 1.40 bits per heavy atom. The molecule has 0 aromatic rings. The molecule has 0 saturated carbocycles. The third-order valence-corrected chi connectivity index (χ3v) is 2.25. The molecule has 0 aliphatic rings. The van der Waals surface area contributed by atoms with Crippen LogP contribution in [0.2, 0.25) is 0 Å². The highest BCUT2D eigenvalue weighted by molar-refractivity contribution is 7.99. The summed E-state index contributed by atoms with van der Waals surface area (Å²) in [4.78, 5) is 0. The van der Waals surface area contributed by atoms with Crippen LogP contribution in [0.3, 0.4) is 0 Å². The number of hydrogen-bond donors (Lipinski definition) is 1. The lowest BCUT2D eigenvalue weighted by atomic mass is 10.3.